The average Bonchev–Trinajstić information content (AvgIpc) is 2.73. The van der Waals surface area contributed by atoms with Gasteiger partial charge in [0.1, 0.15) is 5.82 Å². The summed E-state index contributed by atoms with van der Waals surface area (Å²) in [5.41, 5.74) is 6.88. The van der Waals surface area contributed by atoms with E-state index in [9.17, 15) is 0 Å². The molecule has 5 nitrogen and oxygen atoms in total. The molecule has 0 saturated carbocycles. The summed E-state index contributed by atoms with van der Waals surface area (Å²) in [6, 6.07) is 4.08. The first-order chi connectivity index (χ1) is 8.81. The van der Waals surface area contributed by atoms with Crippen LogP contribution in [0.4, 0.5) is 0 Å². The minimum Gasteiger partial charge on any atom is -0.329 e. The molecular weight excluding hydrogens is 246 g/mol. The molecule has 6 heteroatoms. The van der Waals surface area contributed by atoms with E-state index in [2.05, 4.69) is 19.7 Å². The van der Waals surface area contributed by atoms with Gasteiger partial charge in [0, 0.05) is 31.2 Å². The highest BCUT2D eigenvalue weighted by Crippen LogP contribution is 2.17. The predicted molar refractivity (Wildman–Crippen MR) is 72.5 cm³/mol. The molecule has 0 amide bonds. The topological polar surface area (TPSA) is 69.6 Å². The van der Waals surface area contributed by atoms with Gasteiger partial charge < -0.3 is 10.3 Å². The smallest absolute Gasteiger partial charge is 0.191 e. The maximum Gasteiger partial charge on any atom is 0.191 e. The summed E-state index contributed by atoms with van der Waals surface area (Å²) in [5, 5.41) is 9.21. The number of hydrogen-bond donors (Lipinski definition) is 1. The molecule has 2 heterocycles. The van der Waals surface area contributed by atoms with Gasteiger partial charge in [0.05, 0.1) is 0 Å². The van der Waals surface area contributed by atoms with Gasteiger partial charge in [-0.2, -0.15) is 0 Å². The van der Waals surface area contributed by atoms with Crippen LogP contribution in [0.2, 0.25) is 0 Å². The van der Waals surface area contributed by atoms with Crippen LogP contribution in [0.15, 0.2) is 29.7 Å². The molecule has 2 rings (SSSR count). The summed E-state index contributed by atoms with van der Waals surface area (Å²) in [7, 11) is 0. The quantitative estimate of drug-likeness (QED) is 0.795. The fraction of sp³-hybridized carbons (Fsp3) is 0.417. The normalized spacial score (nSPS) is 10.8. The predicted octanol–water partition coefficient (Wildman–Crippen LogP) is 1.28. The Kier molecular flexibility index (Phi) is 4.72. The first-order valence-corrected chi connectivity index (χ1v) is 6.91. The van der Waals surface area contributed by atoms with Crippen LogP contribution in [0, 0.1) is 6.92 Å². The fourth-order valence-corrected chi connectivity index (χ4v) is 2.66. The van der Waals surface area contributed by atoms with Crippen LogP contribution in [0.5, 0.6) is 0 Å². The maximum absolute atomic E-state index is 5.58. The molecule has 2 aromatic rings. The Hall–Kier alpha value is -1.40. The fourth-order valence-electron chi connectivity index (χ4n) is 1.66. The Morgan fingerprint density at radius 1 is 1.28 bits per heavy atom. The van der Waals surface area contributed by atoms with Crippen LogP contribution in [0.1, 0.15) is 11.4 Å². The molecular formula is C12H17N5S. The molecule has 0 aromatic carbocycles. The van der Waals surface area contributed by atoms with Crippen LogP contribution < -0.4 is 5.73 Å². The number of nitrogens with zero attached hydrogens (tertiary/aromatic N) is 4. The average molecular weight is 263 g/mol. The highest BCUT2D eigenvalue weighted by atomic mass is 32.2. The number of pyridine rings is 1. The Morgan fingerprint density at radius 3 is 2.78 bits per heavy atom. The summed E-state index contributed by atoms with van der Waals surface area (Å²) < 4.78 is 2.07. The van der Waals surface area contributed by atoms with E-state index < -0.39 is 0 Å². The Morgan fingerprint density at radius 2 is 2.06 bits per heavy atom. The Balaban J connectivity index is 1.90. The van der Waals surface area contributed by atoms with Gasteiger partial charge in [0.25, 0.3) is 0 Å². The molecule has 0 spiro atoms. The van der Waals surface area contributed by atoms with Crippen molar-refractivity contribution >= 4 is 11.8 Å². The standard InChI is InChI=1S/C12H17N5S/c1-10-15-16-12(17(10)8-5-13)18-9-4-11-2-6-14-7-3-11/h2-3,6-7H,4-5,8-9,13H2,1H3. The largest absolute Gasteiger partial charge is 0.329 e. The molecule has 18 heavy (non-hydrogen) atoms. The third kappa shape index (κ3) is 3.30. The monoisotopic (exact) mass is 263 g/mol. The van der Waals surface area contributed by atoms with E-state index in [-0.39, 0.29) is 0 Å². The van der Waals surface area contributed by atoms with Crippen LogP contribution in [0.3, 0.4) is 0 Å². The SMILES string of the molecule is Cc1nnc(SCCc2ccncc2)n1CCN. The Labute approximate surface area is 111 Å². The van der Waals surface area contributed by atoms with E-state index in [0.29, 0.717) is 6.54 Å². The second kappa shape index (κ2) is 6.51. The molecule has 0 aliphatic carbocycles. The van der Waals surface area contributed by atoms with Crippen LogP contribution in [-0.4, -0.2) is 32.0 Å². The van der Waals surface area contributed by atoms with Gasteiger partial charge in [0.2, 0.25) is 0 Å². The third-order valence-electron chi connectivity index (χ3n) is 2.63. The van der Waals surface area contributed by atoms with Gasteiger partial charge in [-0.25, -0.2) is 0 Å². The van der Waals surface area contributed by atoms with E-state index >= 15 is 0 Å². The molecule has 96 valence electrons. The minimum absolute atomic E-state index is 0.608. The third-order valence-corrected chi connectivity index (χ3v) is 3.59. The zero-order chi connectivity index (χ0) is 12.8. The van der Waals surface area contributed by atoms with Crippen molar-refractivity contribution in [2.75, 3.05) is 12.3 Å². The maximum atomic E-state index is 5.58. The lowest BCUT2D eigenvalue weighted by Gasteiger charge is -2.06. The van der Waals surface area contributed by atoms with Crippen molar-refractivity contribution < 1.29 is 0 Å². The van der Waals surface area contributed by atoms with Crippen LogP contribution >= 0.6 is 11.8 Å². The second-order valence-electron chi connectivity index (χ2n) is 3.92. The molecule has 2 aromatic heterocycles. The van der Waals surface area contributed by atoms with Crippen molar-refractivity contribution in [3.8, 4) is 0 Å². The lowest BCUT2D eigenvalue weighted by atomic mass is 10.2. The van der Waals surface area contributed by atoms with Crippen molar-refractivity contribution in [2.45, 2.75) is 25.0 Å². The molecule has 0 atom stereocenters. The summed E-state index contributed by atoms with van der Waals surface area (Å²) in [6.07, 6.45) is 4.64. The van der Waals surface area contributed by atoms with Gasteiger partial charge in [-0.3, -0.25) is 4.98 Å². The molecule has 0 saturated heterocycles. The van der Waals surface area contributed by atoms with Gasteiger partial charge >= 0.3 is 0 Å². The lowest BCUT2D eigenvalue weighted by Crippen LogP contribution is -2.12. The molecule has 0 aliphatic rings. The van der Waals surface area contributed by atoms with E-state index in [1.54, 1.807) is 11.8 Å². The number of nitrogens with two attached hydrogens (primary N) is 1. The summed E-state index contributed by atoms with van der Waals surface area (Å²) in [5.74, 6) is 1.90. The molecule has 0 bridgehead atoms. The van der Waals surface area contributed by atoms with Crippen molar-refractivity contribution in [3.05, 3.63) is 35.9 Å². The zero-order valence-corrected chi connectivity index (χ0v) is 11.2. The summed E-state index contributed by atoms with van der Waals surface area (Å²) in [4.78, 5) is 4.01. The van der Waals surface area contributed by atoms with Crippen molar-refractivity contribution in [3.63, 3.8) is 0 Å². The van der Waals surface area contributed by atoms with Crippen molar-refractivity contribution in [1.29, 1.82) is 0 Å². The first-order valence-electron chi connectivity index (χ1n) is 5.93. The molecule has 0 unspecified atom stereocenters. The van der Waals surface area contributed by atoms with Crippen molar-refractivity contribution in [2.24, 2.45) is 5.73 Å². The molecule has 2 N–H and O–H groups in total. The zero-order valence-electron chi connectivity index (χ0n) is 10.4. The van der Waals surface area contributed by atoms with Gasteiger partial charge in [-0.1, -0.05) is 11.8 Å². The summed E-state index contributed by atoms with van der Waals surface area (Å²) >= 11 is 1.72. The first kappa shape index (κ1) is 13.0. The number of thioether (sulfide) groups is 1. The van der Waals surface area contributed by atoms with Crippen LogP contribution in [0.25, 0.3) is 0 Å². The Bertz CT molecular complexity index is 482. The molecule has 0 aliphatic heterocycles. The van der Waals surface area contributed by atoms with Gasteiger partial charge in [-0.15, -0.1) is 10.2 Å². The summed E-state index contributed by atoms with van der Waals surface area (Å²) in [6.45, 7) is 3.34. The van der Waals surface area contributed by atoms with Crippen LogP contribution in [-0.2, 0) is 13.0 Å². The second-order valence-corrected chi connectivity index (χ2v) is 4.99. The number of hydrogen-bond acceptors (Lipinski definition) is 5. The molecule has 0 radical (unpaired) electrons. The van der Waals surface area contributed by atoms with E-state index in [4.69, 9.17) is 5.73 Å². The lowest BCUT2D eigenvalue weighted by molar-refractivity contribution is 0.627. The highest BCUT2D eigenvalue weighted by molar-refractivity contribution is 7.99. The van der Waals surface area contributed by atoms with E-state index in [1.165, 1.54) is 5.56 Å². The number of aromatic nitrogens is 4. The number of rotatable bonds is 6. The molecule has 0 fully saturated rings. The van der Waals surface area contributed by atoms with Gasteiger partial charge in [-0.05, 0) is 31.0 Å². The number of aryl methyl sites for hydroxylation is 2. The van der Waals surface area contributed by atoms with E-state index in [0.717, 1.165) is 29.7 Å². The van der Waals surface area contributed by atoms with Crippen molar-refractivity contribution in [1.82, 2.24) is 19.7 Å². The minimum atomic E-state index is 0.608. The van der Waals surface area contributed by atoms with E-state index in [1.807, 2.05) is 31.5 Å². The highest BCUT2D eigenvalue weighted by Gasteiger charge is 2.08. The van der Waals surface area contributed by atoms with Gasteiger partial charge in [0.15, 0.2) is 5.16 Å².